The molecule has 0 aromatic carbocycles. The molecule has 1 heteroatoms. The molecule has 1 atom stereocenters. The van der Waals surface area contributed by atoms with Gasteiger partial charge in [-0.15, -0.1) is 0 Å². The molecule has 0 bridgehead atoms. The summed E-state index contributed by atoms with van der Waals surface area (Å²) in [7, 11) is 0. The summed E-state index contributed by atoms with van der Waals surface area (Å²) in [6.45, 7) is 9.30. The van der Waals surface area contributed by atoms with E-state index in [1.807, 2.05) is 0 Å². The maximum absolute atomic E-state index is 3.87. The summed E-state index contributed by atoms with van der Waals surface area (Å²) in [5.41, 5.74) is 0. The Kier molecular flexibility index (Phi) is 6.41. The Morgan fingerprint density at radius 3 is 2.12 bits per heavy atom. The zero-order valence-electron chi connectivity index (χ0n) is 11.8. The molecule has 0 radical (unpaired) electrons. The van der Waals surface area contributed by atoms with Crippen LogP contribution in [0.3, 0.4) is 0 Å². The van der Waals surface area contributed by atoms with Crippen molar-refractivity contribution in [3.8, 4) is 0 Å². The molecule has 1 rings (SSSR count). The van der Waals surface area contributed by atoms with Gasteiger partial charge in [0.2, 0.25) is 0 Å². The van der Waals surface area contributed by atoms with Gasteiger partial charge in [0, 0.05) is 12.1 Å². The summed E-state index contributed by atoms with van der Waals surface area (Å²) in [5, 5.41) is 3.87. The van der Waals surface area contributed by atoms with Crippen molar-refractivity contribution in [1.29, 1.82) is 0 Å². The van der Waals surface area contributed by atoms with E-state index in [0.717, 1.165) is 23.9 Å². The van der Waals surface area contributed by atoms with Gasteiger partial charge in [-0.05, 0) is 43.9 Å². The standard InChI is InChI=1S/C15H31N/c1-5-7-13-8-10-14(11-9-13)16-15(6-2)12(3)4/h12-16H,5-11H2,1-4H3. The van der Waals surface area contributed by atoms with Crippen LogP contribution in [0.2, 0.25) is 0 Å². The van der Waals surface area contributed by atoms with E-state index < -0.39 is 0 Å². The summed E-state index contributed by atoms with van der Waals surface area (Å²) >= 11 is 0. The minimum absolute atomic E-state index is 0.729. The van der Waals surface area contributed by atoms with Crippen molar-refractivity contribution in [1.82, 2.24) is 5.32 Å². The Morgan fingerprint density at radius 1 is 1.06 bits per heavy atom. The summed E-state index contributed by atoms with van der Waals surface area (Å²) in [6.07, 6.45) is 9.83. The molecule has 1 unspecified atom stereocenters. The Labute approximate surface area is 102 Å². The predicted molar refractivity (Wildman–Crippen MR) is 72.7 cm³/mol. The Morgan fingerprint density at radius 2 is 1.69 bits per heavy atom. The van der Waals surface area contributed by atoms with Crippen LogP contribution < -0.4 is 5.32 Å². The van der Waals surface area contributed by atoms with E-state index in [0.29, 0.717) is 0 Å². The molecule has 1 N–H and O–H groups in total. The first-order valence-electron chi connectivity index (χ1n) is 7.43. The lowest BCUT2D eigenvalue weighted by Gasteiger charge is -2.33. The molecule has 0 aromatic heterocycles. The quantitative estimate of drug-likeness (QED) is 0.708. The Hall–Kier alpha value is -0.0400. The van der Waals surface area contributed by atoms with Gasteiger partial charge < -0.3 is 5.32 Å². The fraction of sp³-hybridized carbons (Fsp3) is 1.00. The SMILES string of the molecule is CCCC1CCC(NC(CC)C(C)C)CC1. The fourth-order valence-corrected chi connectivity index (χ4v) is 3.11. The second kappa shape index (κ2) is 7.32. The molecule has 0 spiro atoms. The van der Waals surface area contributed by atoms with E-state index >= 15 is 0 Å². The van der Waals surface area contributed by atoms with Crippen LogP contribution in [-0.2, 0) is 0 Å². The van der Waals surface area contributed by atoms with Crippen LogP contribution in [0, 0.1) is 11.8 Å². The van der Waals surface area contributed by atoms with Gasteiger partial charge in [-0.1, -0.05) is 40.5 Å². The van der Waals surface area contributed by atoms with Crippen molar-refractivity contribution < 1.29 is 0 Å². The van der Waals surface area contributed by atoms with E-state index in [1.165, 1.54) is 44.9 Å². The molecule has 0 aliphatic heterocycles. The maximum atomic E-state index is 3.87. The van der Waals surface area contributed by atoms with Gasteiger partial charge in [0.05, 0.1) is 0 Å². The highest BCUT2D eigenvalue weighted by Crippen LogP contribution is 2.28. The third-order valence-electron chi connectivity index (χ3n) is 4.24. The fourth-order valence-electron chi connectivity index (χ4n) is 3.11. The summed E-state index contributed by atoms with van der Waals surface area (Å²) in [6, 6.07) is 1.54. The third-order valence-corrected chi connectivity index (χ3v) is 4.24. The molecular weight excluding hydrogens is 194 g/mol. The molecule has 0 saturated heterocycles. The van der Waals surface area contributed by atoms with Gasteiger partial charge in [0.1, 0.15) is 0 Å². The second-order valence-corrected chi connectivity index (χ2v) is 5.93. The molecular formula is C15H31N. The third kappa shape index (κ3) is 4.45. The Bertz CT molecular complexity index is 168. The van der Waals surface area contributed by atoms with Gasteiger partial charge >= 0.3 is 0 Å². The van der Waals surface area contributed by atoms with Crippen LogP contribution in [0.15, 0.2) is 0 Å². The smallest absolute Gasteiger partial charge is 0.00900 e. The lowest BCUT2D eigenvalue weighted by molar-refractivity contribution is 0.243. The van der Waals surface area contributed by atoms with Crippen LogP contribution in [0.4, 0.5) is 0 Å². The number of hydrogen-bond acceptors (Lipinski definition) is 1. The largest absolute Gasteiger partial charge is 0.311 e. The summed E-state index contributed by atoms with van der Waals surface area (Å²) in [5.74, 6) is 1.81. The number of rotatable bonds is 6. The molecule has 1 aliphatic carbocycles. The van der Waals surface area contributed by atoms with Crippen molar-refractivity contribution in [2.45, 2.75) is 84.7 Å². The molecule has 0 aromatic rings. The molecule has 0 heterocycles. The van der Waals surface area contributed by atoms with Crippen LogP contribution >= 0.6 is 0 Å². The molecule has 1 nitrogen and oxygen atoms in total. The first-order valence-corrected chi connectivity index (χ1v) is 7.43. The maximum Gasteiger partial charge on any atom is 0.00900 e. The van der Waals surface area contributed by atoms with Crippen molar-refractivity contribution in [3.05, 3.63) is 0 Å². The van der Waals surface area contributed by atoms with Gasteiger partial charge in [-0.3, -0.25) is 0 Å². The van der Waals surface area contributed by atoms with E-state index in [-0.39, 0.29) is 0 Å². The van der Waals surface area contributed by atoms with E-state index in [2.05, 4.69) is 33.0 Å². The van der Waals surface area contributed by atoms with Crippen molar-refractivity contribution in [2.75, 3.05) is 0 Å². The van der Waals surface area contributed by atoms with Crippen molar-refractivity contribution in [2.24, 2.45) is 11.8 Å². The number of nitrogens with one attached hydrogen (secondary N) is 1. The minimum Gasteiger partial charge on any atom is -0.311 e. The van der Waals surface area contributed by atoms with Crippen LogP contribution in [-0.4, -0.2) is 12.1 Å². The van der Waals surface area contributed by atoms with Gasteiger partial charge in [-0.2, -0.15) is 0 Å². The van der Waals surface area contributed by atoms with Crippen LogP contribution in [0.1, 0.15) is 72.6 Å². The first-order chi connectivity index (χ1) is 7.67. The normalized spacial score (nSPS) is 28.3. The molecule has 1 saturated carbocycles. The molecule has 96 valence electrons. The average Bonchev–Trinajstić information content (AvgIpc) is 2.28. The van der Waals surface area contributed by atoms with E-state index in [1.54, 1.807) is 0 Å². The zero-order valence-corrected chi connectivity index (χ0v) is 11.8. The highest BCUT2D eigenvalue weighted by Gasteiger charge is 2.23. The number of hydrogen-bond donors (Lipinski definition) is 1. The predicted octanol–water partition coefficient (Wildman–Crippen LogP) is 4.37. The first kappa shape index (κ1) is 14.0. The van der Waals surface area contributed by atoms with Gasteiger partial charge in [-0.25, -0.2) is 0 Å². The molecule has 0 amide bonds. The van der Waals surface area contributed by atoms with E-state index in [9.17, 15) is 0 Å². The van der Waals surface area contributed by atoms with E-state index in [4.69, 9.17) is 0 Å². The lowest BCUT2D eigenvalue weighted by atomic mass is 9.83. The van der Waals surface area contributed by atoms with Gasteiger partial charge in [0.25, 0.3) is 0 Å². The monoisotopic (exact) mass is 225 g/mol. The molecule has 1 aliphatic rings. The second-order valence-electron chi connectivity index (χ2n) is 5.93. The Balaban J connectivity index is 2.25. The zero-order chi connectivity index (χ0) is 12.0. The lowest BCUT2D eigenvalue weighted by Crippen LogP contribution is -2.42. The molecule has 1 fully saturated rings. The van der Waals surface area contributed by atoms with Crippen molar-refractivity contribution in [3.63, 3.8) is 0 Å². The molecule has 16 heavy (non-hydrogen) atoms. The minimum atomic E-state index is 0.729. The van der Waals surface area contributed by atoms with Crippen molar-refractivity contribution >= 4 is 0 Å². The van der Waals surface area contributed by atoms with Crippen LogP contribution in [0.5, 0.6) is 0 Å². The average molecular weight is 225 g/mol. The van der Waals surface area contributed by atoms with Crippen LogP contribution in [0.25, 0.3) is 0 Å². The topological polar surface area (TPSA) is 12.0 Å². The summed E-state index contributed by atoms with van der Waals surface area (Å²) in [4.78, 5) is 0. The highest BCUT2D eigenvalue weighted by atomic mass is 15.0. The van der Waals surface area contributed by atoms with Gasteiger partial charge in [0.15, 0.2) is 0 Å². The summed E-state index contributed by atoms with van der Waals surface area (Å²) < 4.78 is 0. The highest BCUT2D eigenvalue weighted by molar-refractivity contribution is 4.81.